The molecule has 0 aromatic heterocycles. The smallest absolute Gasteiger partial charge is 0.158 e. The standard InChI is InChI=1S/C22H25NO2/c1-16(7-8-17-5-3-2-4-6-17)23-12-11-18-9-10-19-14-21(24)22(25)15-20(19)13-18/h2-6,9-10,13-16,23-25H,7-8,11-12H2,1H3. The highest BCUT2D eigenvalue weighted by Crippen LogP contribution is 2.30. The topological polar surface area (TPSA) is 52.5 Å². The van der Waals surface area contributed by atoms with Gasteiger partial charge in [-0.1, -0.05) is 48.5 Å². The third-order valence-corrected chi connectivity index (χ3v) is 4.61. The number of fused-ring (bicyclic) bond motifs is 1. The van der Waals surface area contributed by atoms with Gasteiger partial charge in [0.1, 0.15) is 0 Å². The third-order valence-electron chi connectivity index (χ3n) is 4.61. The highest BCUT2D eigenvalue weighted by Gasteiger charge is 2.05. The molecule has 0 bridgehead atoms. The van der Waals surface area contributed by atoms with Crippen LogP contribution in [-0.2, 0) is 12.8 Å². The van der Waals surface area contributed by atoms with Crippen molar-refractivity contribution in [3.05, 3.63) is 71.8 Å². The number of hydrogen-bond donors (Lipinski definition) is 3. The second kappa shape index (κ2) is 8.04. The summed E-state index contributed by atoms with van der Waals surface area (Å²) in [6.45, 7) is 3.15. The monoisotopic (exact) mass is 335 g/mol. The molecule has 3 N–H and O–H groups in total. The van der Waals surface area contributed by atoms with Crippen LogP contribution in [0.25, 0.3) is 10.8 Å². The Labute approximate surface area is 148 Å². The van der Waals surface area contributed by atoms with Gasteiger partial charge in [0.15, 0.2) is 11.5 Å². The van der Waals surface area contributed by atoms with Crippen LogP contribution in [0.5, 0.6) is 11.5 Å². The van der Waals surface area contributed by atoms with Crippen LogP contribution >= 0.6 is 0 Å². The van der Waals surface area contributed by atoms with Crippen molar-refractivity contribution in [2.24, 2.45) is 0 Å². The third kappa shape index (κ3) is 4.74. The average molecular weight is 335 g/mol. The maximum atomic E-state index is 9.65. The Morgan fingerprint density at radius 1 is 0.800 bits per heavy atom. The first-order chi connectivity index (χ1) is 12.1. The lowest BCUT2D eigenvalue weighted by Crippen LogP contribution is -2.28. The van der Waals surface area contributed by atoms with Crippen LogP contribution in [0.2, 0.25) is 0 Å². The highest BCUT2D eigenvalue weighted by atomic mass is 16.3. The summed E-state index contributed by atoms with van der Waals surface area (Å²) in [5.41, 5.74) is 2.61. The lowest BCUT2D eigenvalue weighted by Gasteiger charge is -2.14. The molecular weight excluding hydrogens is 310 g/mol. The molecule has 0 amide bonds. The maximum absolute atomic E-state index is 9.65. The van der Waals surface area contributed by atoms with Crippen LogP contribution in [0.4, 0.5) is 0 Å². The molecule has 0 heterocycles. The van der Waals surface area contributed by atoms with Crippen molar-refractivity contribution in [3.8, 4) is 11.5 Å². The van der Waals surface area contributed by atoms with E-state index in [-0.39, 0.29) is 11.5 Å². The first-order valence-electron chi connectivity index (χ1n) is 8.84. The Kier molecular flexibility index (Phi) is 5.56. The Hall–Kier alpha value is -2.52. The van der Waals surface area contributed by atoms with Gasteiger partial charge in [-0.05, 0) is 66.8 Å². The molecule has 0 aliphatic heterocycles. The summed E-state index contributed by atoms with van der Waals surface area (Å²) in [5.74, 6) is -0.147. The van der Waals surface area contributed by atoms with Crippen molar-refractivity contribution in [1.82, 2.24) is 5.32 Å². The van der Waals surface area contributed by atoms with E-state index in [2.05, 4.69) is 54.7 Å². The molecule has 1 unspecified atom stereocenters. The van der Waals surface area contributed by atoms with Gasteiger partial charge in [-0.2, -0.15) is 0 Å². The molecule has 0 saturated carbocycles. The molecule has 0 radical (unpaired) electrons. The van der Waals surface area contributed by atoms with E-state index in [0.29, 0.717) is 6.04 Å². The molecule has 25 heavy (non-hydrogen) atoms. The Bertz CT molecular complexity index is 830. The van der Waals surface area contributed by atoms with Gasteiger partial charge < -0.3 is 15.5 Å². The lowest BCUT2D eigenvalue weighted by atomic mass is 10.0. The zero-order valence-corrected chi connectivity index (χ0v) is 14.6. The summed E-state index contributed by atoms with van der Waals surface area (Å²) < 4.78 is 0. The molecular formula is C22H25NO2. The average Bonchev–Trinajstić information content (AvgIpc) is 2.62. The molecule has 3 heteroatoms. The first kappa shape index (κ1) is 17.3. The van der Waals surface area contributed by atoms with E-state index < -0.39 is 0 Å². The van der Waals surface area contributed by atoms with E-state index in [1.165, 1.54) is 11.1 Å². The van der Waals surface area contributed by atoms with Crippen LogP contribution < -0.4 is 5.32 Å². The van der Waals surface area contributed by atoms with Gasteiger partial charge in [-0.25, -0.2) is 0 Å². The van der Waals surface area contributed by atoms with Crippen LogP contribution in [0.15, 0.2) is 60.7 Å². The van der Waals surface area contributed by atoms with Gasteiger partial charge in [0, 0.05) is 6.04 Å². The summed E-state index contributed by atoms with van der Waals surface area (Å²) in [4.78, 5) is 0. The largest absolute Gasteiger partial charge is 0.504 e. The van der Waals surface area contributed by atoms with Gasteiger partial charge in [0.2, 0.25) is 0 Å². The minimum atomic E-state index is -0.0749. The maximum Gasteiger partial charge on any atom is 0.158 e. The van der Waals surface area contributed by atoms with E-state index in [4.69, 9.17) is 0 Å². The summed E-state index contributed by atoms with van der Waals surface area (Å²) in [7, 11) is 0. The number of aromatic hydroxyl groups is 2. The van der Waals surface area contributed by atoms with E-state index in [0.717, 1.165) is 36.6 Å². The van der Waals surface area contributed by atoms with Crippen molar-refractivity contribution in [2.75, 3.05) is 6.54 Å². The Morgan fingerprint density at radius 3 is 2.28 bits per heavy atom. The zero-order valence-electron chi connectivity index (χ0n) is 14.6. The van der Waals surface area contributed by atoms with E-state index in [1.54, 1.807) is 12.1 Å². The van der Waals surface area contributed by atoms with Crippen molar-refractivity contribution in [1.29, 1.82) is 0 Å². The van der Waals surface area contributed by atoms with Crippen molar-refractivity contribution < 1.29 is 10.2 Å². The fraction of sp³-hybridized carbons (Fsp3) is 0.273. The van der Waals surface area contributed by atoms with Crippen LogP contribution in [0, 0.1) is 0 Å². The number of aryl methyl sites for hydroxylation is 1. The Balaban J connectivity index is 1.49. The van der Waals surface area contributed by atoms with Gasteiger partial charge in [0.05, 0.1) is 0 Å². The molecule has 0 aliphatic carbocycles. The molecule has 1 atom stereocenters. The minimum absolute atomic E-state index is 0.0719. The molecule has 130 valence electrons. The van der Waals surface area contributed by atoms with E-state index >= 15 is 0 Å². The normalized spacial score (nSPS) is 12.4. The SMILES string of the molecule is CC(CCc1ccccc1)NCCc1ccc2cc(O)c(O)cc2c1. The number of phenolic OH excluding ortho intramolecular Hbond substituents is 2. The van der Waals surface area contributed by atoms with Gasteiger partial charge in [-0.3, -0.25) is 0 Å². The number of hydrogen-bond acceptors (Lipinski definition) is 3. The number of benzene rings is 3. The van der Waals surface area contributed by atoms with Gasteiger partial charge >= 0.3 is 0 Å². The van der Waals surface area contributed by atoms with E-state index in [9.17, 15) is 10.2 Å². The van der Waals surface area contributed by atoms with Crippen LogP contribution in [-0.4, -0.2) is 22.8 Å². The molecule has 0 aliphatic rings. The quantitative estimate of drug-likeness (QED) is 0.561. The van der Waals surface area contributed by atoms with Crippen molar-refractivity contribution >= 4 is 10.8 Å². The summed E-state index contributed by atoms with van der Waals surface area (Å²) in [6, 6.07) is 20.4. The number of rotatable bonds is 7. The predicted octanol–water partition coefficient (Wildman–Crippen LogP) is 4.40. The summed E-state index contributed by atoms with van der Waals surface area (Å²) in [6.07, 6.45) is 3.15. The molecule has 3 nitrogen and oxygen atoms in total. The molecule has 3 aromatic rings. The van der Waals surface area contributed by atoms with Crippen LogP contribution in [0.3, 0.4) is 0 Å². The predicted molar refractivity (Wildman–Crippen MR) is 103 cm³/mol. The van der Waals surface area contributed by atoms with Gasteiger partial charge in [0.25, 0.3) is 0 Å². The summed E-state index contributed by atoms with van der Waals surface area (Å²) >= 11 is 0. The minimum Gasteiger partial charge on any atom is -0.504 e. The zero-order chi connectivity index (χ0) is 17.6. The van der Waals surface area contributed by atoms with Gasteiger partial charge in [-0.15, -0.1) is 0 Å². The van der Waals surface area contributed by atoms with E-state index in [1.807, 2.05) is 6.07 Å². The highest BCUT2D eigenvalue weighted by molar-refractivity contribution is 5.86. The molecule has 0 spiro atoms. The molecule has 3 aromatic carbocycles. The Morgan fingerprint density at radius 2 is 1.52 bits per heavy atom. The molecule has 0 saturated heterocycles. The van der Waals surface area contributed by atoms with Crippen molar-refractivity contribution in [2.45, 2.75) is 32.2 Å². The molecule has 3 rings (SSSR count). The number of nitrogens with one attached hydrogen (secondary N) is 1. The van der Waals surface area contributed by atoms with Crippen LogP contribution in [0.1, 0.15) is 24.5 Å². The fourth-order valence-corrected chi connectivity index (χ4v) is 3.07. The summed E-state index contributed by atoms with van der Waals surface area (Å²) in [5, 5.41) is 24.7. The molecule has 0 fully saturated rings. The fourth-order valence-electron chi connectivity index (χ4n) is 3.07. The second-order valence-electron chi connectivity index (χ2n) is 6.65. The number of phenols is 2. The lowest BCUT2D eigenvalue weighted by molar-refractivity contribution is 0.405. The first-order valence-corrected chi connectivity index (χ1v) is 8.84. The second-order valence-corrected chi connectivity index (χ2v) is 6.65. The van der Waals surface area contributed by atoms with Crippen molar-refractivity contribution in [3.63, 3.8) is 0 Å².